The number of aryl methyl sites for hydroxylation is 1. The number of rotatable bonds is 5. The molecule has 1 aliphatic carbocycles. The summed E-state index contributed by atoms with van der Waals surface area (Å²) in [6.07, 6.45) is 8.20. The van der Waals surface area contributed by atoms with Crippen LogP contribution in [-0.4, -0.2) is 53.7 Å². The van der Waals surface area contributed by atoms with E-state index >= 15 is 0 Å². The van der Waals surface area contributed by atoms with Crippen LogP contribution in [0.1, 0.15) is 37.1 Å². The molecule has 0 aromatic carbocycles. The first-order chi connectivity index (χ1) is 12.5. The molecule has 1 fully saturated rings. The van der Waals surface area contributed by atoms with Gasteiger partial charge in [0.15, 0.2) is 0 Å². The molecular formula is C18H23N5O3. The molecule has 1 atom stereocenters. The van der Waals surface area contributed by atoms with Gasteiger partial charge in [-0.1, -0.05) is 0 Å². The predicted octanol–water partition coefficient (Wildman–Crippen LogP) is 0.847. The number of carbonyl (C=O) groups excluding carboxylic acids is 1. The van der Waals surface area contributed by atoms with Crippen molar-refractivity contribution in [2.75, 3.05) is 6.61 Å². The minimum atomic E-state index is -0.838. The van der Waals surface area contributed by atoms with Crippen LogP contribution in [0.25, 0.3) is 0 Å². The van der Waals surface area contributed by atoms with Gasteiger partial charge in [-0.25, -0.2) is 15.0 Å². The number of nitrogens with zero attached hydrogens (tertiary/aromatic N) is 5. The van der Waals surface area contributed by atoms with E-state index in [0.717, 1.165) is 17.8 Å². The van der Waals surface area contributed by atoms with Crippen molar-refractivity contribution >= 4 is 5.91 Å². The van der Waals surface area contributed by atoms with Gasteiger partial charge in [0, 0.05) is 31.6 Å². The maximum atomic E-state index is 12.9. The Morgan fingerprint density at radius 3 is 2.81 bits per heavy atom. The molecule has 2 aromatic heterocycles. The fourth-order valence-corrected chi connectivity index (χ4v) is 3.64. The molecule has 2 aromatic rings. The van der Waals surface area contributed by atoms with E-state index in [2.05, 4.69) is 15.0 Å². The normalized spacial score (nSPS) is 21.0. The molecular weight excluding hydrogens is 334 g/mol. The van der Waals surface area contributed by atoms with Crippen LogP contribution in [0.3, 0.4) is 0 Å². The van der Waals surface area contributed by atoms with Crippen molar-refractivity contribution in [2.45, 2.75) is 50.3 Å². The van der Waals surface area contributed by atoms with Crippen LogP contribution in [0.2, 0.25) is 0 Å². The van der Waals surface area contributed by atoms with Gasteiger partial charge < -0.3 is 19.3 Å². The highest BCUT2D eigenvalue weighted by molar-refractivity contribution is 5.78. The maximum Gasteiger partial charge on any atom is 0.316 e. The summed E-state index contributed by atoms with van der Waals surface area (Å²) >= 11 is 0. The Labute approximate surface area is 151 Å². The number of carbonyl (C=O) groups is 1. The lowest BCUT2D eigenvalue weighted by Gasteiger charge is -2.40. The van der Waals surface area contributed by atoms with Gasteiger partial charge >= 0.3 is 6.01 Å². The molecule has 4 rings (SSSR count). The molecule has 0 bridgehead atoms. The van der Waals surface area contributed by atoms with E-state index in [4.69, 9.17) is 4.74 Å². The van der Waals surface area contributed by atoms with Gasteiger partial charge in [0.25, 0.3) is 0 Å². The van der Waals surface area contributed by atoms with Gasteiger partial charge in [0.05, 0.1) is 36.6 Å². The number of hydrogen-bond acceptors (Lipinski definition) is 6. The molecule has 2 aliphatic rings. The molecule has 138 valence electrons. The fraction of sp³-hybridized carbons (Fsp3) is 0.556. The summed E-state index contributed by atoms with van der Waals surface area (Å²) in [4.78, 5) is 27.2. The van der Waals surface area contributed by atoms with Crippen molar-refractivity contribution in [1.29, 1.82) is 0 Å². The van der Waals surface area contributed by atoms with Gasteiger partial charge in [-0.15, -0.1) is 0 Å². The predicted molar refractivity (Wildman–Crippen MR) is 92.2 cm³/mol. The Hall–Kier alpha value is -2.48. The summed E-state index contributed by atoms with van der Waals surface area (Å²) in [7, 11) is 1.96. The molecule has 0 spiro atoms. The van der Waals surface area contributed by atoms with Crippen molar-refractivity contribution in [3.8, 4) is 6.01 Å². The van der Waals surface area contributed by atoms with Crippen LogP contribution < -0.4 is 4.74 Å². The zero-order valence-corrected chi connectivity index (χ0v) is 14.8. The average molecular weight is 357 g/mol. The first-order valence-corrected chi connectivity index (χ1v) is 8.95. The number of ether oxygens (including phenoxy) is 1. The molecule has 0 saturated heterocycles. The van der Waals surface area contributed by atoms with E-state index in [1.54, 1.807) is 29.7 Å². The molecule has 1 aliphatic heterocycles. The molecule has 1 N–H and O–H groups in total. The van der Waals surface area contributed by atoms with Crippen molar-refractivity contribution in [1.82, 2.24) is 24.4 Å². The summed E-state index contributed by atoms with van der Waals surface area (Å²) < 4.78 is 7.71. The number of aliphatic hydroxyl groups is 1. The second-order valence-electron chi connectivity index (χ2n) is 7.23. The van der Waals surface area contributed by atoms with E-state index in [1.165, 1.54) is 0 Å². The Balaban J connectivity index is 1.51. The van der Waals surface area contributed by atoms with Crippen LogP contribution in [0, 0.1) is 0 Å². The minimum Gasteiger partial charge on any atom is -0.461 e. The third-order valence-electron chi connectivity index (χ3n) is 5.37. The van der Waals surface area contributed by atoms with Crippen LogP contribution in [0.5, 0.6) is 6.01 Å². The van der Waals surface area contributed by atoms with Crippen molar-refractivity contribution in [2.24, 2.45) is 7.05 Å². The second kappa shape index (κ2) is 6.68. The van der Waals surface area contributed by atoms with Crippen LogP contribution >= 0.6 is 0 Å². The monoisotopic (exact) mass is 357 g/mol. The Kier molecular flexibility index (Phi) is 4.36. The lowest BCUT2D eigenvalue weighted by Crippen LogP contribution is -2.51. The summed E-state index contributed by atoms with van der Waals surface area (Å²) in [5, 5.41) is 10.4. The van der Waals surface area contributed by atoms with Gasteiger partial charge in [-0.2, -0.15) is 0 Å². The number of imidazole rings is 1. The van der Waals surface area contributed by atoms with E-state index < -0.39 is 5.60 Å². The summed E-state index contributed by atoms with van der Waals surface area (Å²) in [5.41, 5.74) is 1.18. The zero-order valence-electron chi connectivity index (χ0n) is 14.8. The molecule has 1 saturated carbocycles. The largest absolute Gasteiger partial charge is 0.461 e. The lowest BCUT2D eigenvalue weighted by atomic mass is 9.77. The smallest absolute Gasteiger partial charge is 0.316 e. The van der Waals surface area contributed by atoms with Crippen LogP contribution in [0.4, 0.5) is 0 Å². The number of aromatic nitrogens is 4. The molecule has 0 unspecified atom stereocenters. The topological polar surface area (TPSA) is 93.4 Å². The molecule has 1 amide bonds. The number of hydrogen-bond donors (Lipinski definition) is 1. The van der Waals surface area contributed by atoms with Crippen LogP contribution in [-0.2, 0) is 24.8 Å². The summed E-state index contributed by atoms with van der Waals surface area (Å²) in [6, 6.07) is 1.89. The highest BCUT2D eigenvalue weighted by Gasteiger charge is 2.40. The minimum absolute atomic E-state index is 0.0499. The molecule has 8 nitrogen and oxygen atoms in total. The van der Waals surface area contributed by atoms with Gasteiger partial charge in [-0.05, 0) is 25.3 Å². The number of amides is 1. The maximum absolute atomic E-state index is 12.9. The second-order valence-corrected chi connectivity index (χ2v) is 7.23. The fourth-order valence-electron chi connectivity index (χ4n) is 3.64. The third kappa shape index (κ3) is 3.29. The van der Waals surface area contributed by atoms with Gasteiger partial charge in [0.2, 0.25) is 5.91 Å². The Bertz CT molecular complexity index is 787. The Morgan fingerprint density at radius 1 is 1.35 bits per heavy atom. The first kappa shape index (κ1) is 17.0. The first-order valence-electron chi connectivity index (χ1n) is 8.95. The quantitative estimate of drug-likeness (QED) is 0.853. The van der Waals surface area contributed by atoms with E-state index in [0.29, 0.717) is 38.4 Å². The highest BCUT2D eigenvalue weighted by Crippen LogP contribution is 2.36. The number of fused-ring (bicyclic) bond motifs is 1. The van der Waals surface area contributed by atoms with E-state index in [9.17, 15) is 9.90 Å². The molecule has 0 radical (unpaired) electrons. The third-order valence-corrected chi connectivity index (χ3v) is 5.37. The Morgan fingerprint density at radius 2 is 2.12 bits per heavy atom. The highest BCUT2D eigenvalue weighted by atomic mass is 16.5. The summed E-state index contributed by atoms with van der Waals surface area (Å²) in [6.45, 7) is 0.744. The van der Waals surface area contributed by atoms with Crippen molar-refractivity contribution in [3.63, 3.8) is 0 Å². The van der Waals surface area contributed by atoms with Gasteiger partial charge in [0.1, 0.15) is 6.61 Å². The van der Waals surface area contributed by atoms with Crippen LogP contribution in [0.15, 0.2) is 24.8 Å². The molecule has 8 heteroatoms. The van der Waals surface area contributed by atoms with Gasteiger partial charge in [-0.3, -0.25) is 4.79 Å². The lowest BCUT2D eigenvalue weighted by molar-refractivity contribution is -0.144. The SMILES string of the molecule is Cn1cnc2c1C[C@H](COc1ncccn1)N(C(=O)CC1(O)CCC1)C2. The standard InChI is InChI=1S/C18H23N5O3/c1-22-12-21-14-10-23(16(24)9-18(25)4-2-5-18)13(8-15(14)22)11-26-17-19-6-3-7-20-17/h3,6-7,12-13,25H,2,4-5,8-11H2,1H3/t13-/m1/s1. The van der Waals surface area contributed by atoms with Crippen molar-refractivity contribution in [3.05, 3.63) is 36.2 Å². The average Bonchev–Trinajstić information content (AvgIpc) is 2.99. The summed E-state index contributed by atoms with van der Waals surface area (Å²) in [5.74, 6) is -0.0499. The zero-order chi connectivity index (χ0) is 18.1. The van der Waals surface area contributed by atoms with E-state index in [1.807, 2.05) is 11.6 Å². The molecule has 26 heavy (non-hydrogen) atoms. The van der Waals surface area contributed by atoms with Crippen molar-refractivity contribution < 1.29 is 14.6 Å². The van der Waals surface area contributed by atoms with E-state index in [-0.39, 0.29) is 18.4 Å². The molecule has 3 heterocycles.